The van der Waals surface area contributed by atoms with Crippen molar-refractivity contribution in [3.05, 3.63) is 0 Å². The number of piperazine rings is 1. The first-order valence-electron chi connectivity index (χ1n) is 4.18. The standard InChI is InChI=1S/C8H16N2/c1-9-5-7-3-4-8(6-9)10(7)2/h7-8H,3-6H2,1-2H3/t7-,8+. The van der Waals surface area contributed by atoms with Crippen molar-refractivity contribution in [1.82, 2.24) is 9.80 Å². The topological polar surface area (TPSA) is 6.48 Å². The molecule has 2 heteroatoms. The van der Waals surface area contributed by atoms with Crippen molar-refractivity contribution in [3.8, 4) is 0 Å². The average molecular weight is 140 g/mol. The van der Waals surface area contributed by atoms with Gasteiger partial charge in [-0.1, -0.05) is 0 Å². The van der Waals surface area contributed by atoms with Crippen molar-refractivity contribution in [2.24, 2.45) is 0 Å². The molecule has 2 rings (SSSR count). The number of likely N-dealkylation sites (N-methyl/N-ethyl adjacent to an activating group) is 2. The zero-order chi connectivity index (χ0) is 7.14. The van der Waals surface area contributed by atoms with Crippen LogP contribution in [0.5, 0.6) is 0 Å². The maximum Gasteiger partial charge on any atom is 0.0224 e. The third kappa shape index (κ3) is 0.867. The summed E-state index contributed by atoms with van der Waals surface area (Å²) in [6, 6.07) is 1.73. The van der Waals surface area contributed by atoms with Crippen molar-refractivity contribution in [2.75, 3.05) is 27.2 Å². The van der Waals surface area contributed by atoms with Crippen LogP contribution in [0, 0.1) is 0 Å². The molecule has 2 fully saturated rings. The Morgan fingerprint density at radius 1 is 1.00 bits per heavy atom. The maximum absolute atomic E-state index is 2.56. The molecule has 0 amide bonds. The molecule has 0 saturated carbocycles. The van der Waals surface area contributed by atoms with Crippen LogP contribution >= 0.6 is 0 Å². The van der Waals surface area contributed by atoms with Crippen LogP contribution in [-0.2, 0) is 0 Å². The third-order valence-corrected chi connectivity index (χ3v) is 3.03. The fraction of sp³-hybridized carbons (Fsp3) is 1.00. The highest BCUT2D eigenvalue weighted by atomic mass is 15.3. The SMILES string of the molecule is CN1C[C@H]2CC[C@@H](C1)N2C. The van der Waals surface area contributed by atoms with Gasteiger partial charge < -0.3 is 4.90 Å². The molecule has 0 radical (unpaired) electrons. The second kappa shape index (κ2) is 2.21. The molecule has 2 bridgehead atoms. The van der Waals surface area contributed by atoms with Gasteiger partial charge in [0, 0.05) is 25.2 Å². The van der Waals surface area contributed by atoms with Gasteiger partial charge >= 0.3 is 0 Å². The monoisotopic (exact) mass is 140 g/mol. The second-order valence-electron chi connectivity index (χ2n) is 3.77. The average Bonchev–Trinajstić information content (AvgIpc) is 2.20. The minimum Gasteiger partial charge on any atom is -0.303 e. The lowest BCUT2D eigenvalue weighted by Crippen LogP contribution is -2.50. The van der Waals surface area contributed by atoms with Gasteiger partial charge in [0.25, 0.3) is 0 Å². The van der Waals surface area contributed by atoms with Crippen LogP contribution in [0.4, 0.5) is 0 Å². The zero-order valence-corrected chi connectivity index (χ0v) is 6.88. The van der Waals surface area contributed by atoms with Crippen LogP contribution in [0.3, 0.4) is 0 Å². The highest BCUT2D eigenvalue weighted by Gasteiger charge is 2.35. The number of hydrogen-bond donors (Lipinski definition) is 0. The predicted molar refractivity (Wildman–Crippen MR) is 42.1 cm³/mol. The van der Waals surface area contributed by atoms with E-state index < -0.39 is 0 Å². The summed E-state index contributed by atoms with van der Waals surface area (Å²) in [6.07, 6.45) is 2.84. The van der Waals surface area contributed by atoms with Crippen LogP contribution in [0.2, 0.25) is 0 Å². The predicted octanol–water partition coefficient (Wildman–Crippen LogP) is 0.395. The molecule has 2 saturated heterocycles. The third-order valence-electron chi connectivity index (χ3n) is 3.03. The molecule has 0 N–H and O–H groups in total. The van der Waals surface area contributed by atoms with Gasteiger partial charge in [-0.25, -0.2) is 0 Å². The van der Waals surface area contributed by atoms with Crippen molar-refractivity contribution in [1.29, 1.82) is 0 Å². The molecule has 0 spiro atoms. The van der Waals surface area contributed by atoms with Crippen LogP contribution in [-0.4, -0.2) is 49.1 Å². The van der Waals surface area contributed by atoms with Gasteiger partial charge in [0.15, 0.2) is 0 Å². The Kier molecular flexibility index (Phi) is 1.46. The Labute approximate surface area is 62.8 Å². The molecule has 58 valence electrons. The van der Waals surface area contributed by atoms with Crippen molar-refractivity contribution in [3.63, 3.8) is 0 Å². The summed E-state index contributed by atoms with van der Waals surface area (Å²) in [7, 11) is 4.51. The lowest BCUT2D eigenvalue weighted by Gasteiger charge is -2.36. The first-order chi connectivity index (χ1) is 4.77. The largest absolute Gasteiger partial charge is 0.303 e. The molecule has 0 unspecified atom stereocenters. The summed E-state index contributed by atoms with van der Waals surface area (Å²) in [5.74, 6) is 0. The minimum absolute atomic E-state index is 0.865. The van der Waals surface area contributed by atoms with Gasteiger partial charge in [0.1, 0.15) is 0 Å². The Morgan fingerprint density at radius 3 is 2.00 bits per heavy atom. The van der Waals surface area contributed by atoms with Crippen molar-refractivity contribution >= 4 is 0 Å². The fourth-order valence-corrected chi connectivity index (χ4v) is 2.32. The van der Waals surface area contributed by atoms with Crippen LogP contribution in [0.15, 0.2) is 0 Å². The molecule has 0 aromatic carbocycles. The highest BCUT2D eigenvalue weighted by Crippen LogP contribution is 2.27. The molecule has 2 atom stereocenters. The molecule has 2 aliphatic rings. The lowest BCUT2D eigenvalue weighted by molar-refractivity contribution is 0.107. The molecule has 2 aliphatic heterocycles. The van der Waals surface area contributed by atoms with E-state index in [2.05, 4.69) is 23.9 Å². The Morgan fingerprint density at radius 2 is 1.50 bits per heavy atom. The van der Waals surface area contributed by atoms with E-state index >= 15 is 0 Å². The van der Waals surface area contributed by atoms with Crippen molar-refractivity contribution in [2.45, 2.75) is 24.9 Å². The van der Waals surface area contributed by atoms with Crippen molar-refractivity contribution < 1.29 is 0 Å². The van der Waals surface area contributed by atoms with Gasteiger partial charge in [-0.05, 0) is 26.9 Å². The minimum atomic E-state index is 0.865. The molecule has 10 heavy (non-hydrogen) atoms. The van der Waals surface area contributed by atoms with E-state index in [1.807, 2.05) is 0 Å². The summed E-state index contributed by atoms with van der Waals surface area (Å²) in [5.41, 5.74) is 0. The van der Waals surface area contributed by atoms with Crippen LogP contribution in [0.1, 0.15) is 12.8 Å². The van der Waals surface area contributed by atoms with Crippen LogP contribution < -0.4 is 0 Å². The molecule has 0 aromatic rings. The fourth-order valence-electron chi connectivity index (χ4n) is 2.32. The number of likely N-dealkylation sites (tertiary alicyclic amines) is 1. The van der Waals surface area contributed by atoms with E-state index in [1.165, 1.54) is 25.9 Å². The van der Waals surface area contributed by atoms with E-state index in [9.17, 15) is 0 Å². The van der Waals surface area contributed by atoms with Gasteiger partial charge in [0.05, 0.1) is 0 Å². The smallest absolute Gasteiger partial charge is 0.0224 e. The van der Waals surface area contributed by atoms with E-state index in [-0.39, 0.29) is 0 Å². The molecule has 2 nitrogen and oxygen atoms in total. The molecular weight excluding hydrogens is 124 g/mol. The summed E-state index contributed by atoms with van der Waals surface area (Å²) >= 11 is 0. The maximum atomic E-state index is 2.56. The normalized spacial score (nSPS) is 42.6. The Balaban J connectivity index is 2.09. The van der Waals surface area contributed by atoms with E-state index in [0.717, 1.165) is 12.1 Å². The van der Waals surface area contributed by atoms with Gasteiger partial charge in [-0.2, -0.15) is 0 Å². The Bertz CT molecular complexity index is 121. The summed E-state index contributed by atoms with van der Waals surface area (Å²) < 4.78 is 0. The lowest BCUT2D eigenvalue weighted by atomic mass is 10.2. The Hall–Kier alpha value is -0.0800. The second-order valence-corrected chi connectivity index (χ2v) is 3.77. The highest BCUT2D eigenvalue weighted by molar-refractivity contribution is 4.92. The molecule has 0 aliphatic carbocycles. The quantitative estimate of drug-likeness (QED) is 0.480. The first kappa shape index (κ1) is 6.62. The van der Waals surface area contributed by atoms with Gasteiger partial charge in [-0.3, -0.25) is 4.90 Å². The molecule has 0 aromatic heterocycles. The van der Waals surface area contributed by atoms with E-state index in [0.29, 0.717) is 0 Å². The number of rotatable bonds is 0. The summed E-state index contributed by atoms with van der Waals surface area (Å²) in [5, 5.41) is 0. The van der Waals surface area contributed by atoms with E-state index in [1.54, 1.807) is 0 Å². The summed E-state index contributed by atoms with van der Waals surface area (Å²) in [4.78, 5) is 5.02. The number of fused-ring (bicyclic) bond motifs is 2. The van der Waals surface area contributed by atoms with Crippen LogP contribution in [0.25, 0.3) is 0 Å². The first-order valence-corrected chi connectivity index (χ1v) is 4.18. The number of nitrogens with zero attached hydrogens (tertiary/aromatic N) is 2. The van der Waals surface area contributed by atoms with E-state index in [4.69, 9.17) is 0 Å². The van der Waals surface area contributed by atoms with Gasteiger partial charge in [-0.15, -0.1) is 0 Å². The molecular formula is C8H16N2. The zero-order valence-electron chi connectivity index (χ0n) is 6.88. The molecule has 2 heterocycles. The van der Waals surface area contributed by atoms with Gasteiger partial charge in [0.2, 0.25) is 0 Å². The number of hydrogen-bond acceptors (Lipinski definition) is 2. The summed E-state index contributed by atoms with van der Waals surface area (Å²) in [6.45, 7) is 2.57.